The number of nitrogens with one attached hydrogen (secondary N) is 1. The fourth-order valence-corrected chi connectivity index (χ4v) is 2.37. The zero-order chi connectivity index (χ0) is 13.7. The van der Waals surface area contributed by atoms with E-state index in [4.69, 9.17) is 4.74 Å². The van der Waals surface area contributed by atoms with Crippen molar-refractivity contribution in [3.8, 4) is 0 Å². The van der Waals surface area contributed by atoms with Gasteiger partial charge in [0.05, 0.1) is 12.3 Å². The summed E-state index contributed by atoms with van der Waals surface area (Å²) in [7, 11) is 3.76. The molecule has 1 aromatic rings. The smallest absolute Gasteiger partial charge is 0.0628 e. The van der Waals surface area contributed by atoms with E-state index in [0.29, 0.717) is 12.1 Å². The van der Waals surface area contributed by atoms with Gasteiger partial charge in [0.2, 0.25) is 0 Å². The van der Waals surface area contributed by atoms with E-state index in [1.54, 1.807) is 7.11 Å². The summed E-state index contributed by atoms with van der Waals surface area (Å²) < 4.78 is 7.18. The minimum absolute atomic E-state index is 0.433. The molecule has 0 aliphatic rings. The Kier molecular flexibility index (Phi) is 5.82. The van der Waals surface area contributed by atoms with E-state index in [9.17, 15) is 0 Å². The Hall–Kier alpha value is -0.870. The Morgan fingerprint density at radius 1 is 1.39 bits per heavy atom. The lowest BCUT2D eigenvalue weighted by atomic mass is 10.0. The summed E-state index contributed by atoms with van der Waals surface area (Å²) in [4.78, 5) is 0. The van der Waals surface area contributed by atoms with Crippen LogP contribution >= 0.6 is 0 Å². The molecule has 0 radical (unpaired) electrons. The predicted molar refractivity (Wildman–Crippen MR) is 74.9 cm³/mol. The second-order valence-electron chi connectivity index (χ2n) is 5.11. The van der Waals surface area contributed by atoms with Crippen LogP contribution in [0.1, 0.15) is 37.2 Å². The van der Waals surface area contributed by atoms with Crippen molar-refractivity contribution < 1.29 is 4.74 Å². The summed E-state index contributed by atoms with van der Waals surface area (Å²) >= 11 is 0. The van der Waals surface area contributed by atoms with Crippen LogP contribution in [0.15, 0.2) is 0 Å². The van der Waals surface area contributed by atoms with Crippen LogP contribution in [0.2, 0.25) is 0 Å². The number of nitrogens with zero attached hydrogens (tertiary/aromatic N) is 2. The molecule has 0 bridgehead atoms. The van der Waals surface area contributed by atoms with Crippen LogP contribution in [0.5, 0.6) is 0 Å². The summed E-state index contributed by atoms with van der Waals surface area (Å²) in [5.41, 5.74) is 3.77. The van der Waals surface area contributed by atoms with E-state index in [1.807, 2.05) is 11.7 Å². The number of aromatic nitrogens is 2. The van der Waals surface area contributed by atoms with Crippen LogP contribution in [0.25, 0.3) is 0 Å². The van der Waals surface area contributed by atoms with Gasteiger partial charge in [-0.3, -0.25) is 4.68 Å². The van der Waals surface area contributed by atoms with Crippen molar-refractivity contribution in [1.82, 2.24) is 15.1 Å². The molecule has 0 spiro atoms. The summed E-state index contributed by atoms with van der Waals surface area (Å²) in [6, 6.07) is 0.869. The lowest BCUT2D eigenvalue weighted by Crippen LogP contribution is -2.40. The molecule has 1 heterocycles. The molecule has 0 unspecified atom stereocenters. The van der Waals surface area contributed by atoms with Crippen molar-refractivity contribution in [3.05, 3.63) is 17.0 Å². The maximum atomic E-state index is 5.22. The van der Waals surface area contributed by atoms with Crippen molar-refractivity contribution in [1.29, 1.82) is 0 Å². The maximum absolute atomic E-state index is 5.22. The molecule has 18 heavy (non-hydrogen) atoms. The molecule has 4 heteroatoms. The third-order valence-electron chi connectivity index (χ3n) is 3.55. The minimum Gasteiger partial charge on any atom is -0.383 e. The SMILES string of the molecule is CC[C@H](COC)N[C@@H](C)Cc1c(C)nn(C)c1C. The van der Waals surface area contributed by atoms with Crippen molar-refractivity contribution in [2.75, 3.05) is 13.7 Å². The lowest BCUT2D eigenvalue weighted by Gasteiger charge is -2.21. The molecule has 0 saturated heterocycles. The molecule has 4 nitrogen and oxygen atoms in total. The van der Waals surface area contributed by atoms with E-state index in [2.05, 4.69) is 38.1 Å². The summed E-state index contributed by atoms with van der Waals surface area (Å²) in [6.07, 6.45) is 2.11. The number of methoxy groups -OCH3 is 1. The summed E-state index contributed by atoms with van der Waals surface area (Å²) in [5.74, 6) is 0. The lowest BCUT2D eigenvalue weighted by molar-refractivity contribution is 0.159. The zero-order valence-corrected chi connectivity index (χ0v) is 12.6. The molecule has 0 aliphatic heterocycles. The highest BCUT2D eigenvalue weighted by Crippen LogP contribution is 2.14. The largest absolute Gasteiger partial charge is 0.383 e. The van der Waals surface area contributed by atoms with Crippen LogP contribution in [-0.2, 0) is 18.2 Å². The molecular formula is C14H27N3O. The second kappa shape index (κ2) is 6.90. The molecular weight excluding hydrogens is 226 g/mol. The van der Waals surface area contributed by atoms with E-state index >= 15 is 0 Å². The summed E-state index contributed by atoms with van der Waals surface area (Å²) in [5, 5.41) is 8.08. The molecule has 1 N–H and O–H groups in total. The van der Waals surface area contributed by atoms with Crippen LogP contribution < -0.4 is 5.32 Å². The number of hydrogen-bond acceptors (Lipinski definition) is 3. The van der Waals surface area contributed by atoms with E-state index in [-0.39, 0.29) is 0 Å². The fraction of sp³-hybridized carbons (Fsp3) is 0.786. The number of ether oxygens (including phenoxy) is 1. The second-order valence-corrected chi connectivity index (χ2v) is 5.11. The molecule has 1 aromatic heterocycles. The van der Waals surface area contributed by atoms with Crippen LogP contribution in [0.3, 0.4) is 0 Å². The predicted octanol–water partition coefficient (Wildman–Crippen LogP) is 1.98. The van der Waals surface area contributed by atoms with E-state index in [0.717, 1.165) is 25.1 Å². The quantitative estimate of drug-likeness (QED) is 0.807. The molecule has 104 valence electrons. The van der Waals surface area contributed by atoms with Gasteiger partial charge in [0.1, 0.15) is 0 Å². The first-order valence-corrected chi connectivity index (χ1v) is 6.73. The first-order chi connectivity index (χ1) is 8.49. The topological polar surface area (TPSA) is 39.1 Å². The first kappa shape index (κ1) is 15.2. The number of hydrogen-bond donors (Lipinski definition) is 1. The monoisotopic (exact) mass is 253 g/mol. The van der Waals surface area contributed by atoms with E-state index < -0.39 is 0 Å². The third-order valence-corrected chi connectivity index (χ3v) is 3.55. The molecule has 0 aromatic carbocycles. The maximum Gasteiger partial charge on any atom is 0.0628 e. The van der Waals surface area contributed by atoms with Crippen LogP contribution in [0.4, 0.5) is 0 Å². The van der Waals surface area contributed by atoms with Crippen LogP contribution in [0, 0.1) is 13.8 Å². The molecule has 2 atom stereocenters. The Bertz CT molecular complexity index is 373. The molecule has 0 aliphatic carbocycles. The Morgan fingerprint density at radius 3 is 2.50 bits per heavy atom. The Morgan fingerprint density at radius 2 is 2.06 bits per heavy atom. The van der Waals surface area contributed by atoms with Gasteiger partial charge in [-0.2, -0.15) is 5.10 Å². The highest BCUT2D eigenvalue weighted by molar-refractivity contribution is 5.25. The molecule has 1 rings (SSSR count). The minimum atomic E-state index is 0.433. The fourth-order valence-electron chi connectivity index (χ4n) is 2.37. The third kappa shape index (κ3) is 3.82. The first-order valence-electron chi connectivity index (χ1n) is 6.73. The van der Waals surface area contributed by atoms with Crippen LogP contribution in [-0.4, -0.2) is 35.6 Å². The van der Waals surface area contributed by atoms with Crippen molar-refractivity contribution in [2.24, 2.45) is 7.05 Å². The van der Waals surface area contributed by atoms with Gasteiger partial charge in [-0.25, -0.2) is 0 Å². The van der Waals surface area contributed by atoms with Crippen molar-refractivity contribution in [2.45, 2.75) is 52.6 Å². The van der Waals surface area contributed by atoms with E-state index in [1.165, 1.54) is 11.3 Å². The van der Waals surface area contributed by atoms with Gasteiger partial charge >= 0.3 is 0 Å². The van der Waals surface area contributed by atoms with Gasteiger partial charge in [-0.1, -0.05) is 6.92 Å². The van der Waals surface area contributed by atoms with Gasteiger partial charge in [-0.05, 0) is 39.2 Å². The normalized spacial score (nSPS) is 14.8. The summed E-state index contributed by atoms with van der Waals surface area (Å²) in [6.45, 7) is 9.40. The molecule has 0 fully saturated rings. The average molecular weight is 253 g/mol. The van der Waals surface area contributed by atoms with Crippen molar-refractivity contribution in [3.63, 3.8) is 0 Å². The van der Waals surface area contributed by atoms with Crippen molar-refractivity contribution >= 4 is 0 Å². The Labute approximate surface area is 111 Å². The highest BCUT2D eigenvalue weighted by Gasteiger charge is 2.15. The van der Waals surface area contributed by atoms with Gasteiger partial charge < -0.3 is 10.1 Å². The van der Waals surface area contributed by atoms with Gasteiger partial charge in [-0.15, -0.1) is 0 Å². The van der Waals surface area contributed by atoms with Gasteiger partial charge in [0.15, 0.2) is 0 Å². The molecule has 0 saturated carbocycles. The Balaban J connectivity index is 2.61. The number of rotatable bonds is 7. The van der Waals surface area contributed by atoms with Gasteiger partial charge in [0, 0.05) is 31.9 Å². The molecule has 0 amide bonds. The average Bonchev–Trinajstić information content (AvgIpc) is 2.55. The highest BCUT2D eigenvalue weighted by atomic mass is 16.5. The van der Waals surface area contributed by atoms with Gasteiger partial charge in [0.25, 0.3) is 0 Å². The zero-order valence-electron chi connectivity index (χ0n) is 12.6. The number of aryl methyl sites for hydroxylation is 2. The standard InChI is InChI=1S/C14H27N3O/c1-7-13(9-18-6)15-10(2)8-14-11(3)16-17(5)12(14)4/h10,13,15H,7-9H2,1-6H3/t10-,13+/m0/s1.